The van der Waals surface area contributed by atoms with E-state index in [-0.39, 0.29) is 5.02 Å². The zero-order valence-corrected chi connectivity index (χ0v) is 16.0. The van der Waals surface area contributed by atoms with Gasteiger partial charge in [-0.3, -0.25) is 9.59 Å². The fourth-order valence-electron chi connectivity index (χ4n) is 2.31. The summed E-state index contributed by atoms with van der Waals surface area (Å²) in [5.41, 5.74) is 1.67. The van der Waals surface area contributed by atoms with Crippen LogP contribution in [0.2, 0.25) is 5.02 Å². The molecule has 1 amide bonds. The Labute approximate surface area is 162 Å². The number of carbonyl (C=O) groups is 3. The highest BCUT2D eigenvalue weighted by Crippen LogP contribution is 2.25. The number of methoxy groups -OCH3 is 1. The summed E-state index contributed by atoms with van der Waals surface area (Å²) in [7, 11) is 1.47. The molecule has 0 aliphatic heterocycles. The first-order chi connectivity index (χ1) is 12.8. The second-order valence-corrected chi connectivity index (χ2v) is 6.35. The fourth-order valence-corrected chi connectivity index (χ4v) is 2.57. The summed E-state index contributed by atoms with van der Waals surface area (Å²) in [5, 5.41) is 2.83. The lowest BCUT2D eigenvalue weighted by atomic mass is 10.1. The maximum atomic E-state index is 12.2. The number of benzene rings is 2. The van der Waals surface area contributed by atoms with Gasteiger partial charge in [0.15, 0.2) is 12.4 Å². The molecule has 7 heteroatoms. The first-order valence-corrected chi connectivity index (χ1v) is 8.60. The summed E-state index contributed by atoms with van der Waals surface area (Å²) >= 11 is 5.98. The number of rotatable bonds is 7. The molecule has 0 saturated carbocycles. The van der Waals surface area contributed by atoms with Gasteiger partial charge in [-0.15, -0.1) is 0 Å². The Balaban J connectivity index is 1.89. The van der Waals surface area contributed by atoms with E-state index in [1.807, 2.05) is 13.0 Å². The van der Waals surface area contributed by atoms with Crippen LogP contribution in [0, 0.1) is 6.92 Å². The van der Waals surface area contributed by atoms with E-state index >= 15 is 0 Å². The highest BCUT2D eigenvalue weighted by molar-refractivity contribution is 6.32. The van der Waals surface area contributed by atoms with Gasteiger partial charge in [0.1, 0.15) is 11.8 Å². The molecule has 0 saturated heterocycles. The van der Waals surface area contributed by atoms with Crippen LogP contribution in [-0.4, -0.2) is 37.4 Å². The van der Waals surface area contributed by atoms with Crippen molar-refractivity contribution in [1.82, 2.24) is 5.32 Å². The summed E-state index contributed by atoms with van der Waals surface area (Å²) < 4.78 is 10.0. The molecule has 1 atom stereocenters. The molecule has 2 aromatic rings. The third kappa shape index (κ3) is 5.56. The molecule has 0 aliphatic rings. The van der Waals surface area contributed by atoms with Crippen LogP contribution in [0.1, 0.15) is 33.2 Å². The molecule has 142 valence electrons. The van der Waals surface area contributed by atoms with E-state index in [2.05, 4.69) is 5.32 Å². The highest BCUT2D eigenvalue weighted by atomic mass is 35.5. The number of Topliss-reactive ketones (excluding diaryl/α,β-unsaturated/α-hetero) is 1. The van der Waals surface area contributed by atoms with Crippen LogP contribution in [0.25, 0.3) is 0 Å². The molecule has 2 aromatic carbocycles. The second kappa shape index (κ2) is 9.19. The molecule has 0 spiro atoms. The topological polar surface area (TPSA) is 81.7 Å². The first kappa shape index (κ1) is 20.5. The van der Waals surface area contributed by atoms with Crippen molar-refractivity contribution in [2.24, 2.45) is 0 Å². The maximum absolute atomic E-state index is 12.2. The molecule has 2 rings (SSSR count). The van der Waals surface area contributed by atoms with E-state index in [0.29, 0.717) is 16.9 Å². The summed E-state index contributed by atoms with van der Waals surface area (Å²) in [4.78, 5) is 36.3. The standard InChI is InChI=1S/C20H20ClNO5/c1-12-5-4-6-15(9-12)19(24)22-13(2)20(25)27-11-17(23)14-7-8-18(26-3)16(21)10-14/h4-10,13H,11H2,1-3H3,(H,22,24)/t13-/m0/s1. The van der Waals surface area contributed by atoms with Crippen molar-refractivity contribution in [3.63, 3.8) is 0 Å². The largest absolute Gasteiger partial charge is 0.495 e. The van der Waals surface area contributed by atoms with Gasteiger partial charge in [0.25, 0.3) is 5.91 Å². The van der Waals surface area contributed by atoms with E-state index in [1.54, 1.807) is 24.3 Å². The van der Waals surface area contributed by atoms with Gasteiger partial charge < -0.3 is 14.8 Å². The summed E-state index contributed by atoms with van der Waals surface area (Å²) in [6.45, 7) is 2.91. The zero-order chi connectivity index (χ0) is 20.0. The Morgan fingerprint density at radius 1 is 1.11 bits per heavy atom. The molecule has 0 aromatic heterocycles. The van der Waals surface area contributed by atoms with E-state index < -0.39 is 30.3 Å². The van der Waals surface area contributed by atoms with Crippen molar-refractivity contribution in [2.75, 3.05) is 13.7 Å². The minimum Gasteiger partial charge on any atom is -0.495 e. The maximum Gasteiger partial charge on any atom is 0.328 e. The Hall–Kier alpha value is -2.86. The Morgan fingerprint density at radius 3 is 2.48 bits per heavy atom. The van der Waals surface area contributed by atoms with E-state index in [9.17, 15) is 14.4 Å². The van der Waals surface area contributed by atoms with Gasteiger partial charge in [0, 0.05) is 11.1 Å². The average Bonchev–Trinajstić information content (AvgIpc) is 2.65. The molecule has 0 bridgehead atoms. The Bertz CT molecular complexity index is 865. The molecular formula is C20H20ClNO5. The van der Waals surface area contributed by atoms with Crippen molar-refractivity contribution in [2.45, 2.75) is 19.9 Å². The van der Waals surface area contributed by atoms with Crippen LogP contribution in [0.3, 0.4) is 0 Å². The van der Waals surface area contributed by atoms with E-state index in [4.69, 9.17) is 21.1 Å². The van der Waals surface area contributed by atoms with Gasteiger partial charge in [0.05, 0.1) is 12.1 Å². The summed E-state index contributed by atoms with van der Waals surface area (Å²) in [6, 6.07) is 10.6. The van der Waals surface area contributed by atoms with Crippen LogP contribution in [-0.2, 0) is 9.53 Å². The van der Waals surface area contributed by atoms with Crippen molar-refractivity contribution in [1.29, 1.82) is 0 Å². The molecule has 0 heterocycles. The van der Waals surface area contributed by atoms with Crippen molar-refractivity contribution >= 4 is 29.3 Å². The quantitative estimate of drug-likeness (QED) is 0.581. The number of hydrogen-bond acceptors (Lipinski definition) is 5. The lowest BCUT2D eigenvalue weighted by Gasteiger charge is -2.13. The van der Waals surface area contributed by atoms with Crippen molar-refractivity contribution in [3.8, 4) is 5.75 Å². The molecule has 0 fully saturated rings. The second-order valence-electron chi connectivity index (χ2n) is 5.94. The van der Waals surface area contributed by atoms with Crippen molar-refractivity contribution in [3.05, 3.63) is 64.2 Å². The number of ketones is 1. The molecule has 0 unspecified atom stereocenters. The van der Waals surface area contributed by atoms with Crippen molar-refractivity contribution < 1.29 is 23.9 Å². The predicted octanol–water partition coefficient (Wildman–Crippen LogP) is 3.20. The van der Waals surface area contributed by atoms with Crippen LogP contribution in [0.5, 0.6) is 5.75 Å². The van der Waals surface area contributed by atoms with E-state index in [1.165, 1.54) is 26.2 Å². The third-order valence-electron chi connectivity index (χ3n) is 3.80. The number of ether oxygens (including phenoxy) is 2. The summed E-state index contributed by atoms with van der Waals surface area (Å²) in [5.74, 6) is -1.07. The van der Waals surface area contributed by atoms with Gasteiger partial charge in [0.2, 0.25) is 0 Å². The Morgan fingerprint density at radius 2 is 1.85 bits per heavy atom. The average molecular weight is 390 g/mol. The number of aryl methyl sites for hydroxylation is 1. The molecule has 6 nitrogen and oxygen atoms in total. The number of esters is 1. The number of nitrogens with one attached hydrogen (secondary N) is 1. The van der Waals surface area contributed by atoms with Gasteiger partial charge in [-0.05, 0) is 44.2 Å². The number of amides is 1. The molecule has 1 N–H and O–H groups in total. The minimum absolute atomic E-state index is 0.286. The third-order valence-corrected chi connectivity index (χ3v) is 4.10. The van der Waals surface area contributed by atoms with Crippen LogP contribution >= 0.6 is 11.6 Å². The monoisotopic (exact) mass is 389 g/mol. The summed E-state index contributed by atoms with van der Waals surface area (Å²) in [6.07, 6.45) is 0. The van der Waals surface area contributed by atoms with Crippen LogP contribution < -0.4 is 10.1 Å². The zero-order valence-electron chi connectivity index (χ0n) is 15.2. The molecule has 0 radical (unpaired) electrons. The van der Waals surface area contributed by atoms with Gasteiger partial charge in [-0.2, -0.15) is 0 Å². The fraction of sp³-hybridized carbons (Fsp3) is 0.250. The van der Waals surface area contributed by atoms with Gasteiger partial charge in [-0.25, -0.2) is 4.79 Å². The molecule has 27 heavy (non-hydrogen) atoms. The normalized spacial score (nSPS) is 11.4. The lowest BCUT2D eigenvalue weighted by Crippen LogP contribution is -2.40. The molecule has 0 aliphatic carbocycles. The lowest BCUT2D eigenvalue weighted by molar-refractivity contribution is -0.144. The number of hydrogen-bond donors (Lipinski definition) is 1. The first-order valence-electron chi connectivity index (χ1n) is 8.22. The molecular weight excluding hydrogens is 370 g/mol. The van der Waals surface area contributed by atoms with Gasteiger partial charge >= 0.3 is 5.97 Å². The predicted molar refractivity (Wildman–Crippen MR) is 101 cm³/mol. The smallest absolute Gasteiger partial charge is 0.328 e. The Kier molecular flexibility index (Phi) is 6.96. The number of carbonyl (C=O) groups excluding carboxylic acids is 3. The number of halogens is 1. The van der Waals surface area contributed by atoms with Crippen LogP contribution in [0.15, 0.2) is 42.5 Å². The van der Waals surface area contributed by atoms with E-state index in [0.717, 1.165) is 5.56 Å². The SMILES string of the molecule is COc1ccc(C(=O)COC(=O)[C@H](C)NC(=O)c2cccc(C)c2)cc1Cl. The van der Waals surface area contributed by atoms with Gasteiger partial charge in [-0.1, -0.05) is 29.3 Å². The highest BCUT2D eigenvalue weighted by Gasteiger charge is 2.20. The minimum atomic E-state index is -0.898. The van der Waals surface area contributed by atoms with Crippen LogP contribution in [0.4, 0.5) is 0 Å².